The van der Waals surface area contributed by atoms with Crippen molar-refractivity contribution in [3.05, 3.63) is 30.3 Å². The summed E-state index contributed by atoms with van der Waals surface area (Å²) in [6.07, 6.45) is 0.809. The van der Waals surface area contributed by atoms with Crippen molar-refractivity contribution in [2.75, 3.05) is 13.1 Å². The number of hydrogen-bond acceptors (Lipinski definition) is 4. The van der Waals surface area contributed by atoms with Crippen LogP contribution in [0.3, 0.4) is 0 Å². The Balaban J connectivity index is 1.82. The van der Waals surface area contributed by atoms with E-state index in [1.165, 1.54) is 4.31 Å². The van der Waals surface area contributed by atoms with Crippen LogP contribution in [0.5, 0.6) is 0 Å². The zero-order valence-corrected chi connectivity index (χ0v) is 11.2. The molecule has 5 nitrogen and oxygen atoms in total. The summed E-state index contributed by atoms with van der Waals surface area (Å²) in [5.74, 6) is -0.214. The van der Waals surface area contributed by atoms with Gasteiger partial charge in [-0.3, -0.25) is 4.79 Å². The maximum Gasteiger partial charge on any atom is 0.306 e. The lowest BCUT2D eigenvalue weighted by molar-refractivity contribution is -0.142. The van der Waals surface area contributed by atoms with E-state index in [4.69, 9.17) is 4.74 Å². The van der Waals surface area contributed by atoms with Crippen LogP contribution in [0.4, 0.5) is 0 Å². The summed E-state index contributed by atoms with van der Waals surface area (Å²) in [7, 11) is -3.45. The Hall–Kier alpha value is -1.40. The Labute approximate surface area is 112 Å². The van der Waals surface area contributed by atoms with Gasteiger partial charge in [0.15, 0.2) is 0 Å². The molecule has 0 aromatic heterocycles. The summed E-state index contributed by atoms with van der Waals surface area (Å²) >= 11 is 0. The molecule has 2 saturated heterocycles. The quantitative estimate of drug-likeness (QED) is 0.759. The fraction of sp³-hybridized carbons (Fsp3) is 0.462. The lowest BCUT2D eigenvalue weighted by atomic mass is 9.96. The number of sulfonamides is 1. The third kappa shape index (κ3) is 2.26. The normalized spacial score (nSPS) is 27.9. The average Bonchev–Trinajstić information content (AvgIpc) is 2.78. The van der Waals surface area contributed by atoms with Gasteiger partial charge in [0.25, 0.3) is 0 Å². The van der Waals surface area contributed by atoms with Gasteiger partial charge in [-0.05, 0) is 18.6 Å². The summed E-state index contributed by atoms with van der Waals surface area (Å²) in [4.78, 5) is 11.5. The number of piperidine rings is 1. The molecular weight excluding hydrogens is 266 g/mol. The van der Waals surface area contributed by atoms with Gasteiger partial charge in [-0.15, -0.1) is 0 Å². The molecule has 2 aliphatic rings. The zero-order chi connectivity index (χ0) is 13.5. The van der Waals surface area contributed by atoms with Crippen LogP contribution < -0.4 is 0 Å². The minimum Gasteiger partial charge on any atom is -0.462 e. The van der Waals surface area contributed by atoms with Crippen molar-refractivity contribution in [1.82, 2.24) is 4.31 Å². The highest BCUT2D eigenvalue weighted by Crippen LogP contribution is 2.32. The van der Waals surface area contributed by atoms with Gasteiger partial charge in [0.1, 0.15) is 6.10 Å². The van der Waals surface area contributed by atoms with Crippen LogP contribution in [0.25, 0.3) is 0 Å². The lowest BCUT2D eigenvalue weighted by Gasteiger charge is -2.32. The van der Waals surface area contributed by atoms with Gasteiger partial charge in [0, 0.05) is 19.0 Å². The molecule has 102 valence electrons. The number of ether oxygens (including phenoxy) is 1. The first-order valence-electron chi connectivity index (χ1n) is 6.32. The van der Waals surface area contributed by atoms with Crippen molar-refractivity contribution in [1.29, 1.82) is 0 Å². The van der Waals surface area contributed by atoms with Gasteiger partial charge in [0.2, 0.25) is 10.0 Å². The number of rotatable bonds is 2. The monoisotopic (exact) mass is 281 g/mol. The molecule has 0 radical (unpaired) electrons. The first-order chi connectivity index (χ1) is 9.07. The van der Waals surface area contributed by atoms with E-state index in [2.05, 4.69) is 0 Å². The number of hydrogen-bond donors (Lipinski definition) is 0. The average molecular weight is 281 g/mol. The zero-order valence-electron chi connectivity index (χ0n) is 10.4. The van der Waals surface area contributed by atoms with Crippen LogP contribution in [0.15, 0.2) is 35.2 Å². The second kappa shape index (κ2) is 4.61. The lowest BCUT2D eigenvalue weighted by Crippen LogP contribution is -2.44. The van der Waals surface area contributed by atoms with Gasteiger partial charge in [-0.1, -0.05) is 18.2 Å². The van der Waals surface area contributed by atoms with Crippen molar-refractivity contribution in [3.8, 4) is 0 Å². The van der Waals surface area contributed by atoms with Crippen LogP contribution >= 0.6 is 0 Å². The van der Waals surface area contributed by atoms with Crippen molar-refractivity contribution < 1.29 is 17.9 Å². The topological polar surface area (TPSA) is 63.7 Å². The maximum absolute atomic E-state index is 12.5. The van der Waals surface area contributed by atoms with E-state index >= 15 is 0 Å². The van der Waals surface area contributed by atoms with Crippen LogP contribution in [-0.4, -0.2) is 37.9 Å². The third-order valence-electron chi connectivity index (χ3n) is 3.72. The van der Waals surface area contributed by atoms with E-state index in [-0.39, 0.29) is 18.0 Å². The highest BCUT2D eigenvalue weighted by atomic mass is 32.2. The number of carbonyl (C=O) groups excluding carboxylic acids is 1. The molecule has 0 bridgehead atoms. The number of carbonyl (C=O) groups is 1. The predicted molar refractivity (Wildman–Crippen MR) is 67.8 cm³/mol. The maximum atomic E-state index is 12.5. The molecular formula is C13H15NO4S. The van der Waals surface area contributed by atoms with E-state index in [0.29, 0.717) is 30.8 Å². The molecule has 0 amide bonds. The minimum absolute atomic E-state index is 0.000243. The molecule has 2 aliphatic heterocycles. The second-order valence-electron chi connectivity index (χ2n) is 4.96. The molecule has 0 saturated carbocycles. The standard InChI is InChI=1S/C13H15NO4S/c15-13-8-10-9-14(7-6-12(10)18-13)19(16,17)11-4-2-1-3-5-11/h1-5,10,12H,6-9H2/t10-,12+/m0/s1. The second-order valence-corrected chi connectivity index (χ2v) is 6.90. The Morgan fingerprint density at radius 2 is 1.95 bits per heavy atom. The Bertz CT molecular complexity index is 584. The number of benzene rings is 1. The van der Waals surface area contributed by atoms with E-state index in [1.54, 1.807) is 30.3 Å². The first kappa shape index (κ1) is 12.6. The summed E-state index contributed by atoms with van der Waals surface area (Å²) in [5, 5.41) is 0. The molecule has 19 heavy (non-hydrogen) atoms. The van der Waals surface area contributed by atoms with Crippen molar-refractivity contribution >= 4 is 16.0 Å². The van der Waals surface area contributed by atoms with E-state index in [1.807, 2.05) is 0 Å². The highest BCUT2D eigenvalue weighted by Gasteiger charge is 2.42. The number of nitrogens with zero attached hydrogens (tertiary/aromatic N) is 1. The SMILES string of the molecule is O=C1C[C@H]2CN(S(=O)(=O)c3ccccc3)CC[C@H]2O1. The van der Waals surface area contributed by atoms with Gasteiger partial charge < -0.3 is 4.74 Å². The summed E-state index contributed by atoms with van der Waals surface area (Å²) in [6, 6.07) is 8.40. The molecule has 2 heterocycles. The van der Waals surface area contributed by atoms with Crippen LogP contribution in [0.2, 0.25) is 0 Å². The van der Waals surface area contributed by atoms with Crippen LogP contribution in [0.1, 0.15) is 12.8 Å². The summed E-state index contributed by atoms with van der Waals surface area (Å²) in [6.45, 7) is 0.777. The molecule has 6 heteroatoms. The molecule has 2 atom stereocenters. The smallest absolute Gasteiger partial charge is 0.306 e. The minimum atomic E-state index is -3.45. The van der Waals surface area contributed by atoms with Crippen molar-refractivity contribution in [2.45, 2.75) is 23.8 Å². The fourth-order valence-electron chi connectivity index (χ4n) is 2.72. The van der Waals surface area contributed by atoms with Crippen LogP contribution in [0, 0.1) is 5.92 Å². The highest BCUT2D eigenvalue weighted by molar-refractivity contribution is 7.89. The van der Waals surface area contributed by atoms with Gasteiger partial charge in [-0.25, -0.2) is 8.42 Å². The molecule has 1 aromatic carbocycles. The van der Waals surface area contributed by atoms with E-state index in [0.717, 1.165) is 0 Å². The molecule has 0 aliphatic carbocycles. The van der Waals surface area contributed by atoms with Gasteiger partial charge in [0.05, 0.1) is 11.3 Å². The van der Waals surface area contributed by atoms with Gasteiger partial charge >= 0.3 is 5.97 Å². The largest absolute Gasteiger partial charge is 0.462 e. The van der Waals surface area contributed by atoms with Crippen LogP contribution in [-0.2, 0) is 19.6 Å². The predicted octanol–water partition coefficient (Wildman–Crippen LogP) is 1.01. The number of fused-ring (bicyclic) bond motifs is 1. The Kier molecular flexibility index (Phi) is 3.06. The molecule has 1 aromatic rings. The van der Waals surface area contributed by atoms with E-state index < -0.39 is 10.0 Å². The fourth-order valence-corrected chi connectivity index (χ4v) is 4.25. The summed E-state index contributed by atoms with van der Waals surface area (Å²) < 4.78 is 31.6. The molecule has 0 unspecified atom stereocenters. The Morgan fingerprint density at radius 3 is 2.68 bits per heavy atom. The molecule has 0 spiro atoms. The third-order valence-corrected chi connectivity index (χ3v) is 5.60. The van der Waals surface area contributed by atoms with Crippen molar-refractivity contribution in [3.63, 3.8) is 0 Å². The van der Waals surface area contributed by atoms with E-state index in [9.17, 15) is 13.2 Å². The molecule has 0 N–H and O–H groups in total. The molecule has 2 fully saturated rings. The Morgan fingerprint density at radius 1 is 1.21 bits per heavy atom. The summed E-state index contributed by atoms with van der Waals surface area (Å²) in [5.41, 5.74) is 0. The van der Waals surface area contributed by atoms with Crippen molar-refractivity contribution in [2.24, 2.45) is 5.92 Å². The molecule has 3 rings (SSSR count). The first-order valence-corrected chi connectivity index (χ1v) is 7.76. The number of esters is 1. The van der Waals surface area contributed by atoms with Gasteiger partial charge in [-0.2, -0.15) is 4.31 Å².